The Morgan fingerprint density at radius 2 is 2.07 bits per heavy atom. The van der Waals surface area contributed by atoms with Crippen LogP contribution in [0.3, 0.4) is 0 Å². The van der Waals surface area contributed by atoms with Crippen LogP contribution in [0.2, 0.25) is 0 Å². The van der Waals surface area contributed by atoms with Crippen molar-refractivity contribution in [1.82, 2.24) is 0 Å². The van der Waals surface area contributed by atoms with Gasteiger partial charge in [0.1, 0.15) is 5.44 Å². The molecule has 0 aliphatic rings. The van der Waals surface area contributed by atoms with E-state index >= 15 is 0 Å². The summed E-state index contributed by atoms with van der Waals surface area (Å²) >= 11 is 3.49. The van der Waals surface area contributed by atoms with Gasteiger partial charge in [-0.1, -0.05) is 13.5 Å². The smallest absolute Gasteiger partial charge is 0.334 e. The van der Waals surface area contributed by atoms with Crippen LogP contribution in [-0.2, 0) is 9.53 Å². The van der Waals surface area contributed by atoms with Crippen LogP contribution in [0.25, 0.3) is 0 Å². The molecule has 0 aromatic carbocycles. The van der Waals surface area contributed by atoms with Crippen molar-refractivity contribution in [3.05, 3.63) is 12.2 Å². The van der Waals surface area contributed by atoms with E-state index in [1.54, 1.807) is 18.7 Å². The van der Waals surface area contributed by atoms with E-state index in [0.717, 1.165) is 5.75 Å². The molecule has 0 radical (unpaired) electrons. The molecule has 0 aromatic rings. The average Bonchev–Trinajstić information content (AvgIpc) is 2.03. The third-order valence-corrected chi connectivity index (χ3v) is 3.81. The first-order valence-corrected chi connectivity index (χ1v) is 6.60. The molecule has 0 saturated heterocycles. The van der Waals surface area contributed by atoms with Gasteiger partial charge >= 0.3 is 5.97 Å². The Morgan fingerprint density at radius 1 is 1.50 bits per heavy atom. The first-order chi connectivity index (χ1) is 6.47. The maximum Gasteiger partial charge on any atom is 0.334 e. The number of ether oxygens (including phenoxy) is 1. The van der Waals surface area contributed by atoms with Crippen molar-refractivity contribution in [2.24, 2.45) is 0 Å². The molecular formula is C10H18O2S2. The van der Waals surface area contributed by atoms with Gasteiger partial charge in [-0.25, -0.2) is 4.79 Å². The monoisotopic (exact) mass is 234 g/mol. The van der Waals surface area contributed by atoms with E-state index < -0.39 is 0 Å². The van der Waals surface area contributed by atoms with Crippen LogP contribution in [-0.4, -0.2) is 21.7 Å². The lowest BCUT2D eigenvalue weighted by molar-refractivity contribution is -0.139. The Labute approximate surface area is 94.9 Å². The normalized spacial score (nSPS) is 14.6. The van der Waals surface area contributed by atoms with Crippen molar-refractivity contribution >= 4 is 29.5 Å². The zero-order valence-electron chi connectivity index (χ0n) is 9.20. The van der Waals surface area contributed by atoms with Crippen LogP contribution in [0.4, 0.5) is 0 Å². The van der Waals surface area contributed by atoms with Gasteiger partial charge in [0.25, 0.3) is 0 Å². The first-order valence-electron chi connectivity index (χ1n) is 4.61. The van der Waals surface area contributed by atoms with Crippen molar-refractivity contribution in [3.63, 3.8) is 0 Å². The molecule has 0 amide bonds. The maximum absolute atomic E-state index is 11.2. The van der Waals surface area contributed by atoms with Crippen LogP contribution in [0, 0.1) is 0 Å². The number of hydrogen-bond donors (Lipinski definition) is 0. The molecule has 2 unspecified atom stereocenters. The Hall–Kier alpha value is -0.0900. The molecule has 0 aromatic heterocycles. The number of carbonyl (C=O) groups excluding carboxylic acids is 1. The standard InChI is InChI=1S/C10H18O2S2/c1-6-13-9(5)14-8(4)12-10(11)7(2)3/h8-9H,2,6H2,1,3-5H3. The quantitative estimate of drug-likeness (QED) is 0.400. The summed E-state index contributed by atoms with van der Waals surface area (Å²) in [7, 11) is 0. The molecule has 0 N–H and O–H groups in total. The van der Waals surface area contributed by atoms with Crippen LogP contribution in [0.15, 0.2) is 12.2 Å². The minimum atomic E-state index is -0.307. The lowest BCUT2D eigenvalue weighted by atomic mass is 10.4. The molecule has 0 heterocycles. The molecular weight excluding hydrogens is 216 g/mol. The molecule has 4 heteroatoms. The third-order valence-electron chi connectivity index (χ3n) is 1.41. The maximum atomic E-state index is 11.2. The summed E-state index contributed by atoms with van der Waals surface area (Å²) < 4.78 is 5.59. The largest absolute Gasteiger partial charge is 0.448 e. The minimum absolute atomic E-state index is 0.103. The summed E-state index contributed by atoms with van der Waals surface area (Å²) in [6.07, 6.45) is 0. The number of hydrogen-bond acceptors (Lipinski definition) is 4. The first kappa shape index (κ1) is 13.9. The van der Waals surface area contributed by atoms with E-state index in [0.29, 0.717) is 10.2 Å². The molecule has 0 bridgehead atoms. The molecule has 0 aliphatic carbocycles. The summed E-state index contributed by atoms with van der Waals surface area (Å²) in [6.45, 7) is 11.3. The van der Waals surface area contributed by atoms with Gasteiger partial charge in [-0.15, -0.1) is 23.5 Å². The Bertz CT molecular complexity index is 204. The zero-order chi connectivity index (χ0) is 11.1. The molecule has 0 fully saturated rings. The molecule has 2 atom stereocenters. The van der Waals surface area contributed by atoms with Gasteiger partial charge in [0.2, 0.25) is 0 Å². The van der Waals surface area contributed by atoms with Gasteiger partial charge in [-0.05, 0) is 26.5 Å². The fourth-order valence-corrected chi connectivity index (χ4v) is 3.17. The van der Waals surface area contributed by atoms with Gasteiger partial charge in [-0.2, -0.15) is 0 Å². The SMILES string of the molecule is C=C(C)C(=O)OC(C)SC(C)SCC. The van der Waals surface area contributed by atoms with E-state index in [1.165, 1.54) is 0 Å². The van der Waals surface area contributed by atoms with Crippen LogP contribution in [0.5, 0.6) is 0 Å². The number of thioether (sulfide) groups is 2. The van der Waals surface area contributed by atoms with Crippen molar-refractivity contribution < 1.29 is 9.53 Å². The lowest BCUT2D eigenvalue weighted by Gasteiger charge is -2.16. The molecule has 0 aliphatic heterocycles. The predicted octanol–water partition coefficient (Wildman–Crippen LogP) is 3.28. The Morgan fingerprint density at radius 3 is 2.50 bits per heavy atom. The molecule has 2 nitrogen and oxygen atoms in total. The summed E-state index contributed by atoms with van der Waals surface area (Å²) in [5.74, 6) is 0.772. The lowest BCUT2D eigenvalue weighted by Crippen LogP contribution is -2.14. The van der Waals surface area contributed by atoms with Crippen LogP contribution >= 0.6 is 23.5 Å². The van der Waals surface area contributed by atoms with Crippen molar-refractivity contribution in [1.29, 1.82) is 0 Å². The van der Waals surface area contributed by atoms with E-state index in [4.69, 9.17) is 4.74 Å². The van der Waals surface area contributed by atoms with Crippen molar-refractivity contribution in [3.8, 4) is 0 Å². The average molecular weight is 234 g/mol. The van der Waals surface area contributed by atoms with E-state index in [-0.39, 0.29) is 11.4 Å². The van der Waals surface area contributed by atoms with E-state index in [9.17, 15) is 4.79 Å². The fourth-order valence-electron chi connectivity index (χ4n) is 0.823. The van der Waals surface area contributed by atoms with Gasteiger partial charge in [0, 0.05) is 5.57 Å². The number of esters is 1. The Kier molecular flexibility index (Phi) is 7.19. The van der Waals surface area contributed by atoms with E-state index in [1.807, 2.05) is 18.7 Å². The minimum Gasteiger partial charge on any atom is -0.448 e. The second-order valence-corrected chi connectivity index (χ2v) is 6.47. The third kappa shape index (κ3) is 6.38. The Balaban J connectivity index is 3.80. The molecule has 0 saturated carbocycles. The fraction of sp³-hybridized carbons (Fsp3) is 0.700. The summed E-state index contributed by atoms with van der Waals surface area (Å²) in [4.78, 5) is 11.2. The predicted molar refractivity (Wildman–Crippen MR) is 65.6 cm³/mol. The van der Waals surface area contributed by atoms with Crippen molar-refractivity contribution in [2.45, 2.75) is 37.7 Å². The highest BCUT2D eigenvalue weighted by molar-refractivity contribution is 8.17. The molecule has 14 heavy (non-hydrogen) atoms. The second kappa shape index (κ2) is 7.23. The topological polar surface area (TPSA) is 26.3 Å². The molecule has 0 spiro atoms. The van der Waals surface area contributed by atoms with Gasteiger partial charge in [0.15, 0.2) is 0 Å². The molecule has 82 valence electrons. The van der Waals surface area contributed by atoms with Gasteiger partial charge < -0.3 is 4.74 Å². The van der Waals surface area contributed by atoms with Crippen molar-refractivity contribution in [2.75, 3.05) is 5.75 Å². The number of carbonyl (C=O) groups is 1. The summed E-state index contributed by atoms with van der Waals surface area (Å²) in [5.41, 5.74) is 0.349. The molecule has 0 rings (SSSR count). The second-order valence-electron chi connectivity index (χ2n) is 2.91. The highest BCUT2D eigenvalue weighted by Crippen LogP contribution is 2.27. The zero-order valence-corrected chi connectivity index (χ0v) is 10.8. The van der Waals surface area contributed by atoms with Crippen LogP contribution < -0.4 is 0 Å². The van der Waals surface area contributed by atoms with E-state index in [2.05, 4.69) is 20.4 Å². The summed E-state index contributed by atoms with van der Waals surface area (Å²) in [6, 6.07) is 0. The number of rotatable bonds is 6. The van der Waals surface area contributed by atoms with Gasteiger partial charge in [0.05, 0.1) is 4.58 Å². The summed E-state index contributed by atoms with van der Waals surface area (Å²) in [5, 5.41) is 0. The highest BCUT2D eigenvalue weighted by Gasteiger charge is 2.13. The van der Waals surface area contributed by atoms with Gasteiger partial charge in [-0.3, -0.25) is 0 Å². The highest BCUT2D eigenvalue weighted by atomic mass is 32.2. The van der Waals surface area contributed by atoms with Crippen LogP contribution in [0.1, 0.15) is 27.7 Å².